The van der Waals surface area contributed by atoms with E-state index in [0.717, 1.165) is 37.6 Å². The van der Waals surface area contributed by atoms with Crippen molar-refractivity contribution in [3.05, 3.63) is 0 Å². The molecule has 4 aliphatic carbocycles. The van der Waals surface area contributed by atoms with Crippen molar-refractivity contribution in [2.75, 3.05) is 20.1 Å². The molecule has 21 heavy (non-hydrogen) atoms. The first-order chi connectivity index (χ1) is 9.91. The van der Waals surface area contributed by atoms with Gasteiger partial charge >= 0.3 is 0 Å². The van der Waals surface area contributed by atoms with Crippen molar-refractivity contribution < 1.29 is 9.90 Å². The minimum Gasteiger partial charge on any atom is -0.390 e. The molecular weight excluding hydrogens is 264 g/mol. The number of carbonyl (C=O) groups is 1. The van der Waals surface area contributed by atoms with Crippen LogP contribution in [0, 0.1) is 22.7 Å². The van der Waals surface area contributed by atoms with E-state index in [-0.39, 0.29) is 11.5 Å². The molecule has 4 saturated carbocycles. The van der Waals surface area contributed by atoms with E-state index in [2.05, 4.69) is 12.2 Å². The first-order valence-electron chi connectivity index (χ1n) is 8.57. The Hall–Kier alpha value is -0.610. The third kappa shape index (κ3) is 2.06. The summed E-state index contributed by atoms with van der Waals surface area (Å²) in [6.45, 7) is 3.74. The minimum absolute atomic E-state index is 0.0432. The van der Waals surface area contributed by atoms with Gasteiger partial charge in [-0.25, -0.2) is 0 Å². The fraction of sp³-hybridized carbons (Fsp3) is 0.941. The number of carbonyl (C=O) groups excluding carboxylic acids is 1. The summed E-state index contributed by atoms with van der Waals surface area (Å²) in [6.07, 6.45) is 6.86. The van der Waals surface area contributed by atoms with Gasteiger partial charge in [-0.05, 0) is 55.8 Å². The van der Waals surface area contributed by atoms with Gasteiger partial charge in [-0.15, -0.1) is 0 Å². The van der Waals surface area contributed by atoms with E-state index in [1.165, 1.54) is 19.3 Å². The number of nitrogens with zero attached hydrogens (tertiary/aromatic N) is 1. The van der Waals surface area contributed by atoms with E-state index in [1.807, 2.05) is 11.9 Å². The van der Waals surface area contributed by atoms with Crippen molar-refractivity contribution in [3.8, 4) is 0 Å². The Labute approximate surface area is 127 Å². The van der Waals surface area contributed by atoms with Gasteiger partial charge in [0.25, 0.3) is 0 Å². The first kappa shape index (κ1) is 14.0. The minimum atomic E-state index is -0.413. The Morgan fingerprint density at radius 3 is 2.38 bits per heavy atom. The van der Waals surface area contributed by atoms with Gasteiger partial charge in [0.2, 0.25) is 5.91 Å². The predicted molar refractivity (Wildman–Crippen MR) is 80.7 cm³/mol. The molecule has 0 aromatic carbocycles. The van der Waals surface area contributed by atoms with Crippen LogP contribution >= 0.6 is 0 Å². The Morgan fingerprint density at radius 2 is 1.86 bits per heavy atom. The maximum Gasteiger partial charge on any atom is 0.228 e. The number of hydrogen-bond acceptors (Lipinski definition) is 3. The first-order valence-corrected chi connectivity index (χ1v) is 8.57. The third-order valence-electron chi connectivity index (χ3n) is 6.78. The van der Waals surface area contributed by atoms with Crippen molar-refractivity contribution in [2.24, 2.45) is 22.7 Å². The highest BCUT2D eigenvalue weighted by Crippen LogP contribution is 2.65. The summed E-state index contributed by atoms with van der Waals surface area (Å²) in [5.74, 6) is 1.84. The number of hydrogen-bond donors (Lipinski definition) is 2. The van der Waals surface area contributed by atoms with Gasteiger partial charge in [-0.2, -0.15) is 0 Å². The molecule has 5 rings (SSSR count). The SMILES string of the molecule is CN(C(=O)C12CC3CC(CC(C)(C3)C1)C2)[C@H]1CNC[C@@H]1O. The molecule has 0 aromatic heterocycles. The standard InChI is InChI=1S/C17H28N2O2/c1-16-4-11-3-12(5-16)7-17(6-11,10-16)15(21)19(2)13-8-18-9-14(13)20/h11-14,18,20H,3-10H2,1-2H3/t11?,12?,13-,14-,16?,17?/m0/s1. The maximum atomic E-state index is 13.3. The second-order valence-electron chi connectivity index (χ2n) is 8.76. The molecule has 4 atom stereocenters. The zero-order valence-corrected chi connectivity index (χ0v) is 13.3. The topological polar surface area (TPSA) is 52.6 Å². The Bertz CT molecular complexity index is 450. The summed E-state index contributed by atoms with van der Waals surface area (Å²) < 4.78 is 0. The van der Waals surface area contributed by atoms with Crippen LogP contribution in [0.1, 0.15) is 45.4 Å². The summed E-state index contributed by atoms with van der Waals surface area (Å²) in [6, 6.07) is -0.0432. The number of likely N-dealkylation sites (N-methyl/N-ethyl adjacent to an activating group) is 1. The fourth-order valence-electron chi connectivity index (χ4n) is 6.54. The van der Waals surface area contributed by atoms with Gasteiger partial charge in [0.05, 0.1) is 17.6 Å². The molecule has 1 saturated heterocycles. The number of aliphatic hydroxyl groups is 1. The lowest BCUT2D eigenvalue weighted by Gasteiger charge is -2.61. The number of rotatable bonds is 2. The number of aliphatic hydroxyl groups excluding tert-OH is 1. The van der Waals surface area contributed by atoms with E-state index < -0.39 is 6.10 Å². The van der Waals surface area contributed by atoms with E-state index in [1.54, 1.807) is 0 Å². The van der Waals surface area contributed by atoms with Gasteiger partial charge < -0.3 is 15.3 Å². The monoisotopic (exact) mass is 292 g/mol. The highest BCUT2D eigenvalue weighted by Gasteiger charge is 2.59. The van der Waals surface area contributed by atoms with Crippen LogP contribution in [0.5, 0.6) is 0 Å². The van der Waals surface area contributed by atoms with Crippen LogP contribution < -0.4 is 5.32 Å². The van der Waals surface area contributed by atoms with Crippen LogP contribution in [-0.2, 0) is 4.79 Å². The zero-order valence-electron chi connectivity index (χ0n) is 13.3. The van der Waals surface area contributed by atoms with Crippen LogP contribution in [0.2, 0.25) is 0 Å². The lowest BCUT2D eigenvalue weighted by molar-refractivity contribution is -0.167. The van der Waals surface area contributed by atoms with Crippen molar-refractivity contribution in [1.82, 2.24) is 10.2 Å². The van der Waals surface area contributed by atoms with Crippen LogP contribution in [0.3, 0.4) is 0 Å². The van der Waals surface area contributed by atoms with Crippen molar-refractivity contribution in [1.29, 1.82) is 0 Å². The molecule has 1 amide bonds. The molecule has 5 fully saturated rings. The molecule has 4 heteroatoms. The molecule has 5 aliphatic rings. The molecule has 118 valence electrons. The quantitative estimate of drug-likeness (QED) is 0.808. The number of β-amino-alcohol motifs (C(OH)–C–C–N with tert-alkyl or cyclic N) is 1. The summed E-state index contributed by atoms with van der Waals surface area (Å²) in [5.41, 5.74) is 0.281. The molecule has 1 aliphatic heterocycles. The van der Waals surface area contributed by atoms with Gasteiger partial charge in [0.15, 0.2) is 0 Å². The van der Waals surface area contributed by atoms with Crippen LogP contribution in [0.4, 0.5) is 0 Å². The highest BCUT2D eigenvalue weighted by atomic mass is 16.3. The van der Waals surface area contributed by atoms with Crippen molar-refractivity contribution in [3.63, 3.8) is 0 Å². The molecule has 4 nitrogen and oxygen atoms in total. The molecule has 0 radical (unpaired) electrons. The zero-order chi connectivity index (χ0) is 14.8. The van der Waals surface area contributed by atoms with Gasteiger partial charge in [0, 0.05) is 20.1 Å². The Balaban J connectivity index is 1.59. The van der Waals surface area contributed by atoms with Crippen LogP contribution in [0.15, 0.2) is 0 Å². The van der Waals surface area contributed by atoms with Crippen LogP contribution in [0.25, 0.3) is 0 Å². The highest BCUT2D eigenvalue weighted by molar-refractivity contribution is 5.83. The van der Waals surface area contributed by atoms with Crippen molar-refractivity contribution in [2.45, 2.75) is 57.6 Å². The summed E-state index contributed by atoms with van der Waals surface area (Å²) >= 11 is 0. The molecule has 2 N–H and O–H groups in total. The second-order valence-corrected chi connectivity index (χ2v) is 8.76. The third-order valence-corrected chi connectivity index (χ3v) is 6.78. The smallest absolute Gasteiger partial charge is 0.228 e. The molecule has 2 unspecified atom stereocenters. The molecule has 0 aromatic rings. The van der Waals surface area contributed by atoms with E-state index in [0.29, 0.717) is 17.9 Å². The molecule has 0 spiro atoms. The Kier molecular flexibility index (Phi) is 2.97. The molecular formula is C17H28N2O2. The average Bonchev–Trinajstić information content (AvgIpc) is 2.80. The van der Waals surface area contributed by atoms with Crippen molar-refractivity contribution >= 4 is 5.91 Å². The maximum absolute atomic E-state index is 13.3. The largest absolute Gasteiger partial charge is 0.390 e. The average molecular weight is 292 g/mol. The van der Waals surface area contributed by atoms with Crippen LogP contribution in [-0.4, -0.2) is 48.2 Å². The molecule has 1 heterocycles. The van der Waals surface area contributed by atoms with E-state index in [4.69, 9.17) is 0 Å². The summed E-state index contributed by atoms with van der Waals surface area (Å²) in [4.78, 5) is 15.1. The molecule has 4 bridgehead atoms. The van der Waals surface area contributed by atoms with E-state index >= 15 is 0 Å². The summed E-state index contributed by atoms with van der Waals surface area (Å²) in [7, 11) is 1.91. The number of nitrogens with one attached hydrogen (secondary N) is 1. The predicted octanol–water partition coefficient (Wildman–Crippen LogP) is 1.38. The lowest BCUT2D eigenvalue weighted by atomic mass is 9.44. The normalized spacial score (nSPS) is 51.4. The van der Waals surface area contributed by atoms with Gasteiger partial charge in [-0.1, -0.05) is 6.92 Å². The van der Waals surface area contributed by atoms with Gasteiger partial charge in [-0.3, -0.25) is 4.79 Å². The number of amides is 1. The second kappa shape index (κ2) is 4.45. The fourth-order valence-corrected chi connectivity index (χ4v) is 6.54. The van der Waals surface area contributed by atoms with Gasteiger partial charge in [0.1, 0.15) is 0 Å². The van der Waals surface area contributed by atoms with E-state index in [9.17, 15) is 9.90 Å². The summed E-state index contributed by atoms with van der Waals surface area (Å²) in [5, 5.41) is 13.3. The Morgan fingerprint density at radius 1 is 1.19 bits per heavy atom. The lowest BCUT2D eigenvalue weighted by Crippen LogP contribution is -2.59.